The molecule has 2 aliphatic rings. The molecule has 0 spiro atoms. The molecule has 2 bridgehead atoms. The van der Waals surface area contributed by atoms with Crippen LogP contribution in [-0.2, 0) is 13.1 Å². The van der Waals surface area contributed by atoms with Crippen molar-refractivity contribution in [3.63, 3.8) is 0 Å². The molecule has 2 atom stereocenters. The van der Waals surface area contributed by atoms with Crippen molar-refractivity contribution in [3.05, 3.63) is 35.4 Å². The minimum atomic E-state index is 0.554. The molecule has 1 heterocycles. The lowest BCUT2D eigenvalue weighted by atomic mass is 10.1. The molecule has 1 aromatic rings. The highest BCUT2D eigenvalue weighted by Crippen LogP contribution is 2.38. The minimum Gasteiger partial charge on any atom is -0.310 e. The van der Waals surface area contributed by atoms with Crippen LogP contribution in [0.1, 0.15) is 44.2 Å². The summed E-state index contributed by atoms with van der Waals surface area (Å²) < 4.78 is 0. The van der Waals surface area contributed by atoms with Gasteiger partial charge in [0.05, 0.1) is 0 Å². The molecule has 1 saturated carbocycles. The summed E-state index contributed by atoms with van der Waals surface area (Å²) in [5.41, 5.74) is 2.89. The van der Waals surface area contributed by atoms with Crippen molar-refractivity contribution in [3.8, 4) is 0 Å². The number of nitrogens with zero attached hydrogens (tertiary/aromatic N) is 1. The van der Waals surface area contributed by atoms with Gasteiger partial charge in [-0.15, -0.1) is 0 Å². The molecule has 19 heavy (non-hydrogen) atoms. The summed E-state index contributed by atoms with van der Waals surface area (Å²) in [5, 5.41) is 3.50. The first-order valence-electron chi connectivity index (χ1n) is 7.76. The van der Waals surface area contributed by atoms with Gasteiger partial charge in [0.2, 0.25) is 0 Å². The van der Waals surface area contributed by atoms with Gasteiger partial charge >= 0.3 is 0 Å². The van der Waals surface area contributed by atoms with Crippen LogP contribution in [0.25, 0.3) is 0 Å². The molecule has 1 saturated heterocycles. The Balaban J connectivity index is 1.60. The second-order valence-electron chi connectivity index (χ2n) is 6.62. The number of piperidine rings is 1. The third-order valence-electron chi connectivity index (χ3n) is 4.61. The monoisotopic (exact) mass is 258 g/mol. The van der Waals surface area contributed by atoms with Crippen molar-refractivity contribution in [2.45, 2.75) is 58.3 Å². The summed E-state index contributed by atoms with van der Waals surface area (Å²) in [6.45, 7) is 7.86. The van der Waals surface area contributed by atoms with E-state index in [1.165, 1.54) is 36.9 Å². The van der Waals surface area contributed by atoms with Gasteiger partial charge in [0.15, 0.2) is 0 Å². The first-order valence-corrected chi connectivity index (χ1v) is 7.76. The van der Waals surface area contributed by atoms with Crippen LogP contribution in [0.15, 0.2) is 24.3 Å². The normalized spacial score (nSPS) is 26.5. The van der Waals surface area contributed by atoms with E-state index in [1.54, 1.807) is 0 Å². The third kappa shape index (κ3) is 3.18. The summed E-state index contributed by atoms with van der Waals surface area (Å²) in [6.07, 6.45) is 4.35. The lowest BCUT2D eigenvalue weighted by Crippen LogP contribution is -2.31. The van der Waals surface area contributed by atoms with E-state index in [0.29, 0.717) is 6.04 Å². The Labute approximate surface area is 117 Å². The highest BCUT2D eigenvalue weighted by molar-refractivity contribution is 5.23. The number of fused-ring (bicyclic) bond motifs is 2. The van der Waals surface area contributed by atoms with Crippen LogP contribution in [0.5, 0.6) is 0 Å². The molecule has 1 aliphatic carbocycles. The number of likely N-dealkylation sites (tertiary alicyclic amines) is 1. The Morgan fingerprint density at radius 1 is 1.26 bits per heavy atom. The largest absolute Gasteiger partial charge is 0.310 e. The zero-order valence-corrected chi connectivity index (χ0v) is 12.2. The molecule has 2 heteroatoms. The highest BCUT2D eigenvalue weighted by atomic mass is 15.2. The first kappa shape index (κ1) is 13.1. The molecule has 1 aromatic carbocycles. The molecular formula is C17H26N2. The molecule has 2 nitrogen and oxygen atoms in total. The highest BCUT2D eigenvalue weighted by Gasteiger charge is 2.37. The molecule has 0 aromatic heterocycles. The maximum Gasteiger partial charge on any atom is 0.0236 e. The van der Waals surface area contributed by atoms with Gasteiger partial charge < -0.3 is 5.32 Å². The molecular weight excluding hydrogens is 232 g/mol. The lowest BCUT2D eigenvalue weighted by molar-refractivity contribution is 0.205. The van der Waals surface area contributed by atoms with Crippen molar-refractivity contribution in [1.29, 1.82) is 0 Å². The first-order chi connectivity index (χ1) is 9.20. The molecule has 104 valence electrons. The van der Waals surface area contributed by atoms with Crippen molar-refractivity contribution < 1.29 is 0 Å². The summed E-state index contributed by atoms with van der Waals surface area (Å²) in [4.78, 5) is 2.70. The van der Waals surface area contributed by atoms with Crippen molar-refractivity contribution in [2.75, 3.05) is 6.54 Å². The van der Waals surface area contributed by atoms with Crippen LogP contribution in [0.3, 0.4) is 0 Å². The van der Waals surface area contributed by atoms with E-state index >= 15 is 0 Å². The zero-order valence-electron chi connectivity index (χ0n) is 12.2. The zero-order chi connectivity index (χ0) is 13.2. The third-order valence-corrected chi connectivity index (χ3v) is 4.61. The second kappa shape index (κ2) is 5.64. The summed E-state index contributed by atoms with van der Waals surface area (Å²) in [6, 6.07) is 10.5. The van der Waals surface area contributed by atoms with Gasteiger partial charge in [-0.2, -0.15) is 0 Å². The van der Waals surface area contributed by atoms with E-state index in [-0.39, 0.29) is 0 Å². The van der Waals surface area contributed by atoms with Crippen LogP contribution in [0.2, 0.25) is 0 Å². The van der Waals surface area contributed by atoms with Crippen molar-refractivity contribution in [1.82, 2.24) is 10.2 Å². The van der Waals surface area contributed by atoms with Gasteiger partial charge in [-0.05, 0) is 36.3 Å². The van der Waals surface area contributed by atoms with E-state index in [0.717, 1.165) is 25.0 Å². The fraction of sp³-hybridized carbons (Fsp3) is 0.647. The van der Waals surface area contributed by atoms with Crippen molar-refractivity contribution in [2.24, 2.45) is 5.92 Å². The Morgan fingerprint density at radius 3 is 2.79 bits per heavy atom. The Hall–Kier alpha value is -0.860. The van der Waals surface area contributed by atoms with Gasteiger partial charge in [0.25, 0.3) is 0 Å². The molecule has 2 unspecified atom stereocenters. The molecule has 0 radical (unpaired) electrons. The van der Waals surface area contributed by atoms with Crippen LogP contribution in [0, 0.1) is 5.92 Å². The topological polar surface area (TPSA) is 15.3 Å². The average molecular weight is 258 g/mol. The van der Waals surface area contributed by atoms with E-state index in [2.05, 4.69) is 48.3 Å². The summed E-state index contributed by atoms with van der Waals surface area (Å²) in [5.74, 6) is 0.996. The standard InChI is InChI=1S/C17H26N2/c1-13(2)18-10-14-4-3-5-15(8-14)11-19-12-16-6-7-17(19)9-16/h3-5,8,13,16-18H,6-7,9-12H2,1-2H3. The lowest BCUT2D eigenvalue weighted by Gasteiger charge is -2.26. The van der Waals surface area contributed by atoms with E-state index < -0.39 is 0 Å². The summed E-state index contributed by atoms with van der Waals surface area (Å²) in [7, 11) is 0. The van der Waals surface area contributed by atoms with Crippen LogP contribution in [0.4, 0.5) is 0 Å². The van der Waals surface area contributed by atoms with Gasteiger partial charge in [-0.1, -0.05) is 38.1 Å². The Bertz CT molecular complexity index is 427. The van der Waals surface area contributed by atoms with Crippen LogP contribution in [-0.4, -0.2) is 23.5 Å². The fourth-order valence-corrected chi connectivity index (χ4v) is 3.61. The van der Waals surface area contributed by atoms with E-state index in [9.17, 15) is 0 Å². The Morgan fingerprint density at radius 2 is 2.11 bits per heavy atom. The number of rotatable bonds is 5. The van der Waals surface area contributed by atoms with Gasteiger partial charge in [-0.3, -0.25) is 4.90 Å². The second-order valence-corrected chi connectivity index (χ2v) is 6.62. The SMILES string of the molecule is CC(C)NCc1cccc(CN2CC3CCC2C3)c1. The fourth-order valence-electron chi connectivity index (χ4n) is 3.61. The maximum atomic E-state index is 3.50. The number of benzene rings is 1. The van der Waals surface area contributed by atoms with Gasteiger partial charge in [0, 0.05) is 31.7 Å². The average Bonchev–Trinajstić information content (AvgIpc) is 2.99. The van der Waals surface area contributed by atoms with Gasteiger partial charge in [0.1, 0.15) is 0 Å². The Kier molecular flexibility index (Phi) is 3.90. The smallest absolute Gasteiger partial charge is 0.0236 e. The predicted molar refractivity (Wildman–Crippen MR) is 80.0 cm³/mol. The molecule has 1 aliphatic heterocycles. The quantitative estimate of drug-likeness (QED) is 0.872. The van der Waals surface area contributed by atoms with Gasteiger partial charge in [-0.25, -0.2) is 0 Å². The minimum absolute atomic E-state index is 0.554. The predicted octanol–water partition coefficient (Wildman–Crippen LogP) is 3.17. The van der Waals surface area contributed by atoms with E-state index in [4.69, 9.17) is 0 Å². The van der Waals surface area contributed by atoms with E-state index in [1.807, 2.05) is 0 Å². The number of nitrogens with one attached hydrogen (secondary N) is 1. The van der Waals surface area contributed by atoms with Crippen molar-refractivity contribution >= 4 is 0 Å². The summed E-state index contributed by atoms with van der Waals surface area (Å²) >= 11 is 0. The van der Waals surface area contributed by atoms with Crippen LogP contribution < -0.4 is 5.32 Å². The number of hydrogen-bond donors (Lipinski definition) is 1. The number of hydrogen-bond acceptors (Lipinski definition) is 2. The molecule has 2 fully saturated rings. The molecule has 3 rings (SSSR count). The van der Waals surface area contributed by atoms with Crippen LogP contribution >= 0.6 is 0 Å². The molecule has 1 N–H and O–H groups in total. The molecule has 0 amide bonds. The maximum absolute atomic E-state index is 3.50.